The second-order valence-electron chi connectivity index (χ2n) is 7.94. The van der Waals surface area contributed by atoms with E-state index in [4.69, 9.17) is 4.74 Å². The Bertz CT molecular complexity index is 937. The van der Waals surface area contributed by atoms with E-state index in [9.17, 15) is 14.4 Å². The molecule has 31 heavy (non-hydrogen) atoms. The van der Waals surface area contributed by atoms with E-state index in [-0.39, 0.29) is 24.3 Å². The van der Waals surface area contributed by atoms with Crippen LogP contribution in [0.1, 0.15) is 18.4 Å². The van der Waals surface area contributed by atoms with E-state index in [1.54, 1.807) is 0 Å². The highest BCUT2D eigenvalue weighted by Crippen LogP contribution is 2.19. The molecule has 3 N–H and O–H groups in total. The number of nitrogens with one attached hydrogen (secondary N) is 3. The lowest BCUT2D eigenvalue weighted by molar-refractivity contribution is -0.127. The highest BCUT2D eigenvalue weighted by molar-refractivity contribution is 6.04. The SMILES string of the molecule is O=C(CC[C@H]1NC(=O)N(CCc2c[nH]c3ccccc23)C1=O)NCCN1CCOCC1. The number of carbonyl (C=O) groups is 3. The van der Waals surface area contributed by atoms with Gasteiger partial charge >= 0.3 is 6.03 Å². The second kappa shape index (κ2) is 9.93. The topological polar surface area (TPSA) is 107 Å². The van der Waals surface area contributed by atoms with Gasteiger partial charge in [-0.1, -0.05) is 18.2 Å². The lowest BCUT2D eigenvalue weighted by Crippen LogP contribution is -2.41. The Balaban J connectivity index is 1.20. The molecule has 0 spiro atoms. The number of amides is 4. The fourth-order valence-electron chi connectivity index (χ4n) is 4.10. The van der Waals surface area contributed by atoms with Crippen LogP contribution in [0.25, 0.3) is 10.9 Å². The van der Waals surface area contributed by atoms with Gasteiger partial charge < -0.3 is 20.4 Å². The fraction of sp³-hybridized carbons (Fsp3) is 0.500. The van der Waals surface area contributed by atoms with Gasteiger partial charge in [-0.25, -0.2) is 4.79 Å². The molecule has 2 aromatic rings. The van der Waals surface area contributed by atoms with Crippen LogP contribution in [0.2, 0.25) is 0 Å². The summed E-state index contributed by atoms with van der Waals surface area (Å²) in [6.45, 7) is 4.90. The molecule has 4 amide bonds. The van der Waals surface area contributed by atoms with E-state index in [0.29, 0.717) is 25.9 Å². The molecule has 9 nitrogen and oxygen atoms in total. The van der Waals surface area contributed by atoms with E-state index < -0.39 is 6.04 Å². The van der Waals surface area contributed by atoms with Crippen LogP contribution in [-0.4, -0.2) is 84.6 Å². The van der Waals surface area contributed by atoms with E-state index in [2.05, 4.69) is 20.5 Å². The minimum Gasteiger partial charge on any atom is -0.379 e. The first-order valence-corrected chi connectivity index (χ1v) is 10.9. The minimum absolute atomic E-state index is 0.104. The zero-order valence-electron chi connectivity index (χ0n) is 17.6. The molecule has 0 saturated carbocycles. The van der Waals surface area contributed by atoms with Crippen LogP contribution < -0.4 is 10.6 Å². The number of benzene rings is 1. The molecular weight excluding hydrogens is 398 g/mol. The predicted octanol–water partition coefficient (Wildman–Crippen LogP) is 0.859. The maximum absolute atomic E-state index is 12.7. The number of carbonyl (C=O) groups excluding carboxylic acids is 3. The van der Waals surface area contributed by atoms with Gasteiger partial charge in [0.1, 0.15) is 6.04 Å². The summed E-state index contributed by atoms with van der Waals surface area (Å²) >= 11 is 0. The Morgan fingerprint density at radius 3 is 2.81 bits per heavy atom. The van der Waals surface area contributed by atoms with Gasteiger partial charge in [-0.3, -0.25) is 19.4 Å². The largest absolute Gasteiger partial charge is 0.379 e. The van der Waals surface area contributed by atoms with Crippen molar-refractivity contribution in [3.63, 3.8) is 0 Å². The van der Waals surface area contributed by atoms with E-state index >= 15 is 0 Å². The second-order valence-corrected chi connectivity index (χ2v) is 7.94. The number of urea groups is 1. The molecule has 9 heteroatoms. The van der Waals surface area contributed by atoms with Crippen molar-refractivity contribution in [2.24, 2.45) is 0 Å². The van der Waals surface area contributed by atoms with Crippen molar-refractivity contribution in [1.82, 2.24) is 25.4 Å². The Morgan fingerprint density at radius 1 is 1.16 bits per heavy atom. The van der Waals surface area contributed by atoms with Crippen molar-refractivity contribution >= 4 is 28.7 Å². The van der Waals surface area contributed by atoms with E-state index in [1.807, 2.05) is 30.5 Å². The van der Waals surface area contributed by atoms with Crippen LogP contribution in [0.15, 0.2) is 30.5 Å². The molecule has 2 saturated heterocycles. The van der Waals surface area contributed by atoms with Gasteiger partial charge in [0.2, 0.25) is 5.91 Å². The number of ether oxygens (including phenoxy) is 1. The summed E-state index contributed by atoms with van der Waals surface area (Å²) in [7, 11) is 0. The normalized spacial score (nSPS) is 19.7. The zero-order chi connectivity index (χ0) is 21.6. The third kappa shape index (κ3) is 5.23. The van der Waals surface area contributed by atoms with Gasteiger partial charge in [-0.05, 0) is 24.5 Å². The van der Waals surface area contributed by atoms with Crippen LogP contribution in [0.4, 0.5) is 4.79 Å². The number of hydrogen-bond donors (Lipinski definition) is 3. The molecule has 1 atom stereocenters. The number of para-hydroxylation sites is 1. The average molecular weight is 428 g/mol. The standard InChI is InChI=1S/C22H29N5O4/c28-20(23-8-10-26-11-13-31-14-12-26)6-5-19-21(29)27(22(30)25-19)9-7-16-15-24-18-4-2-1-3-17(16)18/h1-4,15,19,24H,5-14H2,(H,23,28)(H,25,30)/t19-/m1/s1. The van der Waals surface area contributed by atoms with Gasteiger partial charge in [0, 0.05) is 56.2 Å². The lowest BCUT2D eigenvalue weighted by atomic mass is 10.1. The van der Waals surface area contributed by atoms with Crippen molar-refractivity contribution in [2.75, 3.05) is 45.9 Å². The molecule has 4 rings (SSSR count). The molecule has 2 aliphatic heterocycles. The molecule has 0 aliphatic carbocycles. The Morgan fingerprint density at radius 2 is 1.97 bits per heavy atom. The number of aromatic nitrogens is 1. The fourth-order valence-corrected chi connectivity index (χ4v) is 4.10. The van der Waals surface area contributed by atoms with E-state index in [1.165, 1.54) is 4.90 Å². The summed E-state index contributed by atoms with van der Waals surface area (Å²) in [5, 5.41) is 6.70. The van der Waals surface area contributed by atoms with Crippen LogP contribution in [0.5, 0.6) is 0 Å². The monoisotopic (exact) mass is 427 g/mol. The number of hydrogen-bond acceptors (Lipinski definition) is 5. The zero-order valence-corrected chi connectivity index (χ0v) is 17.6. The molecule has 3 heterocycles. The summed E-state index contributed by atoms with van der Waals surface area (Å²) in [6, 6.07) is 6.92. The van der Waals surface area contributed by atoms with Crippen LogP contribution >= 0.6 is 0 Å². The first kappa shape index (κ1) is 21.3. The summed E-state index contributed by atoms with van der Waals surface area (Å²) < 4.78 is 5.31. The molecular formula is C22H29N5O4. The molecule has 2 aliphatic rings. The minimum atomic E-state index is -0.638. The molecule has 0 unspecified atom stereocenters. The number of H-pyrrole nitrogens is 1. The van der Waals surface area contributed by atoms with E-state index in [0.717, 1.165) is 49.3 Å². The van der Waals surface area contributed by atoms with Gasteiger partial charge in [0.15, 0.2) is 0 Å². The van der Waals surface area contributed by atoms with Gasteiger partial charge in [0.05, 0.1) is 13.2 Å². The number of morpholine rings is 1. The van der Waals surface area contributed by atoms with Crippen molar-refractivity contribution in [1.29, 1.82) is 0 Å². The van der Waals surface area contributed by atoms with Crippen molar-refractivity contribution in [2.45, 2.75) is 25.3 Å². The molecule has 1 aromatic carbocycles. The summed E-state index contributed by atoms with van der Waals surface area (Å²) in [5.74, 6) is -0.362. The van der Waals surface area contributed by atoms with Crippen molar-refractivity contribution in [3.8, 4) is 0 Å². The van der Waals surface area contributed by atoms with Crippen molar-refractivity contribution < 1.29 is 19.1 Å². The number of rotatable bonds is 9. The number of nitrogens with zero attached hydrogens (tertiary/aromatic N) is 2. The van der Waals surface area contributed by atoms with Gasteiger partial charge in [0.25, 0.3) is 5.91 Å². The van der Waals surface area contributed by atoms with Crippen molar-refractivity contribution in [3.05, 3.63) is 36.0 Å². The van der Waals surface area contributed by atoms with Crippen LogP contribution in [0.3, 0.4) is 0 Å². The predicted molar refractivity (Wildman–Crippen MR) is 116 cm³/mol. The molecule has 0 radical (unpaired) electrons. The Hall–Kier alpha value is -2.91. The third-order valence-corrected chi connectivity index (χ3v) is 5.90. The summed E-state index contributed by atoms with van der Waals surface area (Å²) in [5.41, 5.74) is 2.10. The molecule has 2 fully saturated rings. The Kier molecular flexibility index (Phi) is 6.83. The molecule has 166 valence electrons. The maximum atomic E-state index is 12.7. The third-order valence-electron chi connectivity index (χ3n) is 5.90. The Labute approximate surface area is 181 Å². The van der Waals surface area contributed by atoms with Gasteiger partial charge in [-0.15, -0.1) is 0 Å². The molecule has 0 bridgehead atoms. The van der Waals surface area contributed by atoms with Crippen LogP contribution in [-0.2, 0) is 20.7 Å². The molecule has 1 aromatic heterocycles. The maximum Gasteiger partial charge on any atom is 0.324 e. The first-order chi connectivity index (χ1) is 15.1. The van der Waals surface area contributed by atoms with Gasteiger partial charge in [-0.2, -0.15) is 0 Å². The highest BCUT2D eigenvalue weighted by atomic mass is 16.5. The average Bonchev–Trinajstić information content (AvgIpc) is 3.32. The lowest BCUT2D eigenvalue weighted by Gasteiger charge is -2.26. The summed E-state index contributed by atoms with van der Waals surface area (Å²) in [6.07, 6.45) is 3.01. The summed E-state index contributed by atoms with van der Waals surface area (Å²) in [4.78, 5) is 43.8. The number of aromatic amines is 1. The van der Waals surface area contributed by atoms with Crippen LogP contribution in [0, 0.1) is 0 Å². The quantitative estimate of drug-likeness (QED) is 0.515. The number of imide groups is 1. The first-order valence-electron chi connectivity index (χ1n) is 10.9. The smallest absolute Gasteiger partial charge is 0.324 e. The highest BCUT2D eigenvalue weighted by Gasteiger charge is 2.37. The number of fused-ring (bicyclic) bond motifs is 1.